The van der Waals surface area contributed by atoms with E-state index in [0.29, 0.717) is 23.0 Å². The van der Waals surface area contributed by atoms with Gasteiger partial charge in [0.15, 0.2) is 0 Å². The number of alkyl halides is 3. The number of halogens is 3. The highest BCUT2D eigenvalue weighted by molar-refractivity contribution is 5.82. The number of hydrogen-bond acceptors (Lipinski definition) is 1. The van der Waals surface area contributed by atoms with Crippen molar-refractivity contribution in [1.29, 1.82) is 0 Å². The molecule has 1 aromatic heterocycles. The summed E-state index contributed by atoms with van der Waals surface area (Å²) in [5.74, 6) is -0.929. The van der Waals surface area contributed by atoms with Crippen molar-refractivity contribution in [2.45, 2.75) is 19.0 Å². The Bertz CT molecular complexity index is 629. The number of carbonyl (C=O) groups is 1. The molecule has 0 bridgehead atoms. The smallest absolute Gasteiger partial charge is 0.416 e. The van der Waals surface area contributed by atoms with Crippen molar-refractivity contribution in [2.24, 2.45) is 7.05 Å². The number of benzene rings is 1. The van der Waals surface area contributed by atoms with Gasteiger partial charge in [-0.05, 0) is 30.7 Å². The van der Waals surface area contributed by atoms with Gasteiger partial charge in [-0.25, -0.2) is 0 Å². The molecule has 0 radical (unpaired) electrons. The van der Waals surface area contributed by atoms with Crippen molar-refractivity contribution < 1.29 is 23.1 Å². The normalized spacial score (nSPS) is 12.0. The number of fused-ring (bicyclic) bond motifs is 1. The quantitative estimate of drug-likeness (QED) is 0.931. The molecular weight excluding hydrogens is 259 g/mol. The van der Waals surface area contributed by atoms with Gasteiger partial charge >= 0.3 is 12.1 Å². The van der Waals surface area contributed by atoms with Crippen molar-refractivity contribution in [2.75, 3.05) is 0 Å². The second kappa shape index (κ2) is 4.60. The molecule has 0 spiro atoms. The predicted octanol–water partition coefficient (Wildman–Crippen LogP) is 3.21. The van der Waals surface area contributed by atoms with Crippen LogP contribution in [0.3, 0.4) is 0 Å². The molecule has 0 fully saturated rings. The van der Waals surface area contributed by atoms with Crippen LogP contribution in [-0.4, -0.2) is 15.6 Å². The molecule has 0 aliphatic heterocycles. The Hall–Kier alpha value is -1.98. The van der Waals surface area contributed by atoms with Crippen molar-refractivity contribution >= 4 is 16.9 Å². The SMILES string of the molecule is Cn1c(CCC(=O)O)cc2cc(C(F)(F)F)ccc21. The van der Waals surface area contributed by atoms with Crippen molar-refractivity contribution in [1.82, 2.24) is 4.57 Å². The van der Waals surface area contributed by atoms with Gasteiger partial charge in [0.1, 0.15) is 0 Å². The molecule has 2 aromatic rings. The molecule has 1 aromatic carbocycles. The van der Waals surface area contributed by atoms with E-state index >= 15 is 0 Å². The Morgan fingerprint density at radius 3 is 2.58 bits per heavy atom. The molecule has 0 saturated heterocycles. The first-order chi connectivity index (χ1) is 8.79. The number of carboxylic acid groups (broad SMARTS) is 1. The first-order valence-corrected chi connectivity index (χ1v) is 5.66. The Morgan fingerprint density at radius 1 is 1.32 bits per heavy atom. The third-order valence-electron chi connectivity index (χ3n) is 3.06. The number of aromatic nitrogens is 1. The standard InChI is InChI=1S/C13H12F3NO2/c1-17-10(3-5-12(18)19)7-8-6-9(13(14,15)16)2-4-11(8)17/h2,4,6-7H,3,5H2,1H3,(H,18,19). The van der Waals surface area contributed by atoms with Crippen molar-refractivity contribution in [3.8, 4) is 0 Å². The van der Waals surface area contributed by atoms with Crippen LogP contribution < -0.4 is 0 Å². The van der Waals surface area contributed by atoms with Crippen LogP contribution in [0.25, 0.3) is 10.9 Å². The van der Waals surface area contributed by atoms with E-state index in [1.807, 2.05) is 0 Å². The summed E-state index contributed by atoms with van der Waals surface area (Å²) in [6, 6.07) is 5.12. The lowest BCUT2D eigenvalue weighted by Gasteiger charge is -2.06. The molecule has 19 heavy (non-hydrogen) atoms. The molecule has 0 unspecified atom stereocenters. The third-order valence-corrected chi connectivity index (χ3v) is 3.06. The van der Waals surface area contributed by atoms with Gasteiger partial charge in [0.2, 0.25) is 0 Å². The summed E-state index contributed by atoms with van der Waals surface area (Å²) in [6.07, 6.45) is -4.12. The molecule has 6 heteroatoms. The maximum Gasteiger partial charge on any atom is 0.416 e. The van der Waals surface area contributed by atoms with Crippen LogP contribution >= 0.6 is 0 Å². The minimum absolute atomic E-state index is 0.0453. The molecular formula is C13H12F3NO2. The van der Waals surface area contributed by atoms with Crippen LogP contribution in [0.4, 0.5) is 13.2 Å². The largest absolute Gasteiger partial charge is 0.481 e. The number of aryl methyl sites for hydroxylation is 2. The van der Waals surface area contributed by atoms with Gasteiger partial charge < -0.3 is 9.67 Å². The minimum Gasteiger partial charge on any atom is -0.481 e. The van der Waals surface area contributed by atoms with Gasteiger partial charge in [0.05, 0.1) is 12.0 Å². The first-order valence-electron chi connectivity index (χ1n) is 5.66. The van der Waals surface area contributed by atoms with E-state index in [4.69, 9.17) is 5.11 Å². The fourth-order valence-electron chi connectivity index (χ4n) is 2.06. The van der Waals surface area contributed by atoms with Gasteiger partial charge in [0, 0.05) is 23.6 Å². The fourth-order valence-corrected chi connectivity index (χ4v) is 2.06. The Labute approximate surface area is 107 Å². The van der Waals surface area contributed by atoms with Gasteiger partial charge in [-0.2, -0.15) is 13.2 Å². The highest BCUT2D eigenvalue weighted by Crippen LogP contribution is 2.32. The van der Waals surface area contributed by atoms with Gasteiger partial charge in [-0.1, -0.05) is 0 Å². The Kier molecular flexibility index (Phi) is 3.26. The monoisotopic (exact) mass is 271 g/mol. The Morgan fingerprint density at radius 2 is 2.00 bits per heavy atom. The minimum atomic E-state index is -4.37. The summed E-state index contributed by atoms with van der Waals surface area (Å²) < 4.78 is 39.5. The van der Waals surface area contributed by atoms with Gasteiger partial charge in [-0.3, -0.25) is 4.79 Å². The van der Waals surface area contributed by atoms with E-state index in [-0.39, 0.29) is 6.42 Å². The van der Waals surface area contributed by atoms with E-state index in [1.165, 1.54) is 6.07 Å². The van der Waals surface area contributed by atoms with Crippen LogP contribution in [0.2, 0.25) is 0 Å². The summed E-state index contributed by atoms with van der Waals surface area (Å²) in [7, 11) is 1.72. The zero-order chi connectivity index (χ0) is 14.2. The number of rotatable bonds is 3. The number of nitrogens with zero attached hydrogens (tertiary/aromatic N) is 1. The lowest BCUT2D eigenvalue weighted by Crippen LogP contribution is -2.04. The third kappa shape index (κ3) is 2.72. The lowest BCUT2D eigenvalue weighted by molar-refractivity contribution is -0.138. The summed E-state index contributed by atoms with van der Waals surface area (Å²) in [6.45, 7) is 0. The summed E-state index contributed by atoms with van der Waals surface area (Å²) in [5, 5.41) is 9.10. The van der Waals surface area contributed by atoms with Gasteiger partial charge in [-0.15, -0.1) is 0 Å². The second-order valence-electron chi connectivity index (χ2n) is 4.36. The molecule has 102 valence electrons. The summed E-state index contributed by atoms with van der Waals surface area (Å²) in [4.78, 5) is 10.5. The van der Waals surface area contributed by atoms with E-state index in [2.05, 4.69) is 0 Å². The second-order valence-corrected chi connectivity index (χ2v) is 4.36. The molecule has 0 atom stereocenters. The van der Waals surface area contributed by atoms with E-state index in [1.54, 1.807) is 17.7 Å². The summed E-state index contributed by atoms with van der Waals surface area (Å²) in [5.41, 5.74) is 0.667. The molecule has 2 rings (SSSR count). The van der Waals surface area contributed by atoms with Gasteiger partial charge in [0.25, 0.3) is 0 Å². The molecule has 3 nitrogen and oxygen atoms in total. The Balaban J connectivity index is 2.42. The number of aliphatic carboxylic acids is 1. The van der Waals surface area contributed by atoms with Crippen LogP contribution in [-0.2, 0) is 24.4 Å². The van der Waals surface area contributed by atoms with E-state index in [0.717, 1.165) is 12.1 Å². The molecule has 0 aliphatic carbocycles. The molecule has 0 aliphatic rings. The van der Waals surface area contributed by atoms with Crippen molar-refractivity contribution in [3.63, 3.8) is 0 Å². The number of hydrogen-bond donors (Lipinski definition) is 1. The molecule has 0 saturated carbocycles. The molecule has 0 amide bonds. The highest BCUT2D eigenvalue weighted by atomic mass is 19.4. The first kappa shape index (κ1) is 13.5. The molecule has 1 heterocycles. The zero-order valence-corrected chi connectivity index (χ0v) is 10.2. The van der Waals surface area contributed by atoms with Crippen molar-refractivity contribution in [3.05, 3.63) is 35.5 Å². The average Bonchev–Trinajstić information content (AvgIpc) is 2.62. The van der Waals surface area contributed by atoms with E-state index < -0.39 is 17.7 Å². The van der Waals surface area contributed by atoms with Crippen LogP contribution in [0.15, 0.2) is 24.3 Å². The average molecular weight is 271 g/mol. The predicted molar refractivity (Wildman–Crippen MR) is 63.9 cm³/mol. The fraction of sp³-hybridized carbons (Fsp3) is 0.308. The maximum atomic E-state index is 12.6. The maximum absolute atomic E-state index is 12.6. The zero-order valence-electron chi connectivity index (χ0n) is 10.2. The number of carboxylic acids is 1. The van der Waals surface area contributed by atoms with E-state index in [9.17, 15) is 18.0 Å². The lowest BCUT2D eigenvalue weighted by atomic mass is 10.1. The topological polar surface area (TPSA) is 42.2 Å². The van der Waals surface area contributed by atoms with Crippen LogP contribution in [0.5, 0.6) is 0 Å². The molecule has 1 N–H and O–H groups in total. The highest BCUT2D eigenvalue weighted by Gasteiger charge is 2.30. The van der Waals surface area contributed by atoms with Crippen LogP contribution in [0, 0.1) is 0 Å². The van der Waals surface area contributed by atoms with Crippen LogP contribution in [0.1, 0.15) is 17.7 Å². The summed E-state index contributed by atoms with van der Waals surface area (Å²) >= 11 is 0.